The lowest BCUT2D eigenvalue weighted by molar-refractivity contribution is 0.173. The second kappa shape index (κ2) is 3.79. The van der Waals surface area contributed by atoms with Gasteiger partial charge in [-0.2, -0.15) is 0 Å². The van der Waals surface area contributed by atoms with Gasteiger partial charge in [0.1, 0.15) is 5.60 Å². The zero-order chi connectivity index (χ0) is 11.9. The number of aryl methyl sites for hydroxylation is 1. The fourth-order valence-corrected chi connectivity index (χ4v) is 1.59. The third kappa shape index (κ3) is 1.95. The van der Waals surface area contributed by atoms with Gasteiger partial charge in [0.2, 0.25) is 0 Å². The molecule has 0 amide bonds. The summed E-state index contributed by atoms with van der Waals surface area (Å²) < 4.78 is 11.3. The Morgan fingerprint density at radius 3 is 2.69 bits per heavy atom. The van der Waals surface area contributed by atoms with Crippen molar-refractivity contribution < 1.29 is 9.31 Å². The van der Waals surface area contributed by atoms with Crippen molar-refractivity contribution in [3.05, 3.63) is 35.3 Å². The fraction of sp³-hybridized carbons (Fsp3) is 0.364. The zero-order valence-electron chi connectivity index (χ0n) is 9.58. The van der Waals surface area contributed by atoms with E-state index in [9.17, 15) is 0 Å². The average molecular weight is 237 g/mol. The van der Waals surface area contributed by atoms with Crippen molar-refractivity contribution in [3.63, 3.8) is 0 Å². The van der Waals surface area contributed by atoms with Crippen molar-refractivity contribution in [1.29, 1.82) is 0 Å². The summed E-state index contributed by atoms with van der Waals surface area (Å²) in [6.45, 7) is 9.51. The predicted molar refractivity (Wildman–Crippen MR) is 64.8 cm³/mol. The Bertz CT molecular complexity index is 448. The molecule has 0 unspecified atom stereocenters. The van der Waals surface area contributed by atoms with Crippen LogP contribution in [0.2, 0.25) is 5.02 Å². The van der Waals surface area contributed by atoms with Crippen LogP contribution >= 0.6 is 11.6 Å². The number of hydrogen-bond donors (Lipinski definition) is 0. The summed E-state index contributed by atoms with van der Waals surface area (Å²) in [6.07, 6.45) is 1.71. The predicted octanol–water partition coefficient (Wildman–Crippen LogP) is 2.08. The van der Waals surface area contributed by atoms with E-state index in [0.717, 1.165) is 11.2 Å². The lowest BCUT2D eigenvalue weighted by Crippen LogP contribution is -2.34. The Hall–Kier alpha value is -0.995. The second-order valence-electron chi connectivity index (χ2n) is 4.34. The monoisotopic (exact) mass is 237 g/mol. The first-order valence-electron chi connectivity index (χ1n) is 5.06. The van der Waals surface area contributed by atoms with Gasteiger partial charge in [-0.3, -0.25) is 4.98 Å². The highest BCUT2D eigenvalue weighted by Crippen LogP contribution is 2.29. The van der Waals surface area contributed by atoms with Crippen LogP contribution in [0.5, 0.6) is 0 Å². The second-order valence-corrected chi connectivity index (χ2v) is 4.74. The number of hydrogen-bond acceptors (Lipinski definition) is 3. The van der Waals surface area contributed by atoms with Gasteiger partial charge in [-0.1, -0.05) is 18.2 Å². The molecule has 5 heteroatoms. The number of halogens is 1. The van der Waals surface area contributed by atoms with E-state index in [-0.39, 0.29) is 0 Å². The Morgan fingerprint density at radius 1 is 1.50 bits per heavy atom. The average Bonchev–Trinajstić information content (AvgIpc) is 2.46. The molecule has 1 aliphatic heterocycles. The van der Waals surface area contributed by atoms with Gasteiger partial charge in [0.05, 0.1) is 16.5 Å². The number of aromatic nitrogens is 1. The Balaban J connectivity index is 2.27. The van der Waals surface area contributed by atoms with E-state index in [4.69, 9.17) is 20.9 Å². The Labute approximate surface area is 101 Å². The molecule has 16 heavy (non-hydrogen) atoms. The van der Waals surface area contributed by atoms with E-state index in [0.29, 0.717) is 10.8 Å². The SMILES string of the molecule is C=C1OB(c2cnc(C)c(Cl)c2)OC1(C)C. The quantitative estimate of drug-likeness (QED) is 0.701. The molecule has 0 radical (unpaired) electrons. The summed E-state index contributed by atoms with van der Waals surface area (Å²) in [4.78, 5) is 4.17. The topological polar surface area (TPSA) is 31.4 Å². The smallest absolute Gasteiger partial charge is 0.534 e. The molecule has 1 aromatic heterocycles. The minimum absolute atomic E-state index is 0.465. The molecule has 84 valence electrons. The molecule has 0 spiro atoms. The Morgan fingerprint density at radius 2 is 2.19 bits per heavy atom. The van der Waals surface area contributed by atoms with Gasteiger partial charge >= 0.3 is 7.12 Å². The molecule has 0 aliphatic carbocycles. The molecule has 1 fully saturated rings. The highest BCUT2D eigenvalue weighted by molar-refractivity contribution is 6.62. The fourth-order valence-electron chi connectivity index (χ4n) is 1.41. The summed E-state index contributed by atoms with van der Waals surface area (Å²) in [5, 5.41) is 0.611. The Kier molecular flexibility index (Phi) is 2.72. The van der Waals surface area contributed by atoms with Gasteiger partial charge in [0.25, 0.3) is 0 Å². The van der Waals surface area contributed by atoms with E-state index in [1.165, 1.54) is 0 Å². The third-order valence-corrected chi connectivity index (χ3v) is 3.02. The van der Waals surface area contributed by atoms with Gasteiger partial charge < -0.3 is 9.31 Å². The molecule has 2 heterocycles. The molecule has 0 atom stereocenters. The maximum absolute atomic E-state index is 6.00. The molecule has 3 nitrogen and oxygen atoms in total. The molecule has 1 aromatic rings. The van der Waals surface area contributed by atoms with Crippen molar-refractivity contribution in [3.8, 4) is 0 Å². The minimum atomic E-state index is -0.470. The molecule has 0 bridgehead atoms. The normalized spacial score (nSPS) is 18.8. The van der Waals surface area contributed by atoms with Gasteiger partial charge in [-0.15, -0.1) is 0 Å². The van der Waals surface area contributed by atoms with Crippen LogP contribution < -0.4 is 5.46 Å². The molecule has 2 rings (SSSR count). The third-order valence-electron chi connectivity index (χ3n) is 2.64. The van der Waals surface area contributed by atoms with E-state index in [1.54, 1.807) is 6.20 Å². The largest absolute Gasteiger partial charge is 0.565 e. The summed E-state index contributed by atoms with van der Waals surface area (Å²) in [7, 11) is -0.465. The number of pyridine rings is 1. The summed E-state index contributed by atoms with van der Waals surface area (Å²) in [6, 6.07) is 1.81. The van der Waals surface area contributed by atoms with Crippen LogP contribution in [0.3, 0.4) is 0 Å². The first-order valence-corrected chi connectivity index (χ1v) is 5.44. The van der Waals surface area contributed by atoms with Crippen molar-refractivity contribution in [1.82, 2.24) is 4.98 Å². The van der Waals surface area contributed by atoms with Crippen LogP contribution in [-0.4, -0.2) is 17.7 Å². The zero-order valence-corrected chi connectivity index (χ0v) is 10.3. The molecule has 1 saturated heterocycles. The van der Waals surface area contributed by atoms with Gasteiger partial charge in [-0.25, -0.2) is 0 Å². The minimum Gasteiger partial charge on any atom is -0.534 e. The van der Waals surface area contributed by atoms with Gasteiger partial charge in [0.15, 0.2) is 0 Å². The summed E-state index contributed by atoms with van der Waals surface area (Å²) in [5.74, 6) is 0.620. The highest BCUT2D eigenvalue weighted by Gasteiger charge is 2.43. The summed E-state index contributed by atoms with van der Waals surface area (Å²) in [5.41, 5.74) is 1.13. The van der Waals surface area contributed by atoms with Gasteiger partial charge in [-0.05, 0) is 26.8 Å². The van der Waals surface area contributed by atoms with Crippen molar-refractivity contribution >= 4 is 24.2 Å². The van der Waals surface area contributed by atoms with Crippen molar-refractivity contribution in [2.75, 3.05) is 0 Å². The van der Waals surface area contributed by atoms with Crippen LogP contribution in [0.25, 0.3) is 0 Å². The van der Waals surface area contributed by atoms with Crippen LogP contribution in [0.1, 0.15) is 19.5 Å². The van der Waals surface area contributed by atoms with Gasteiger partial charge in [0, 0.05) is 11.7 Å². The lowest BCUT2D eigenvalue weighted by Gasteiger charge is -2.15. The number of rotatable bonds is 1. The van der Waals surface area contributed by atoms with E-state index < -0.39 is 12.7 Å². The van der Waals surface area contributed by atoms with Crippen LogP contribution in [0, 0.1) is 6.92 Å². The first kappa shape index (κ1) is 11.5. The summed E-state index contributed by atoms with van der Waals surface area (Å²) >= 11 is 6.00. The van der Waals surface area contributed by atoms with Crippen LogP contribution in [-0.2, 0) is 9.31 Å². The maximum Gasteiger partial charge on any atom is 0.565 e. The van der Waals surface area contributed by atoms with E-state index in [2.05, 4.69) is 11.6 Å². The van der Waals surface area contributed by atoms with Crippen LogP contribution in [0.15, 0.2) is 24.6 Å². The molecule has 0 aromatic carbocycles. The molecule has 1 aliphatic rings. The first-order chi connectivity index (χ1) is 7.40. The van der Waals surface area contributed by atoms with E-state index in [1.807, 2.05) is 26.8 Å². The number of nitrogens with zero attached hydrogens (tertiary/aromatic N) is 1. The maximum atomic E-state index is 6.00. The molecule has 0 N–H and O–H groups in total. The molecular weight excluding hydrogens is 224 g/mol. The highest BCUT2D eigenvalue weighted by atomic mass is 35.5. The van der Waals surface area contributed by atoms with Crippen LogP contribution in [0.4, 0.5) is 0 Å². The molecular formula is C11H13BClNO2. The van der Waals surface area contributed by atoms with Crippen molar-refractivity contribution in [2.24, 2.45) is 0 Å². The lowest BCUT2D eigenvalue weighted by atomic mass is 9.80. The standard InChI is InChI=1S/C11H13BClNO2/c1-7-10(13)5-9(6-14-7)12-15-8(2)11(3,4)16-12/h5-6H,2H2,1,3-4H3. The van der Waals surface area contributed by atoms with Crippen molar-refractivity contribution in [2.45, 2.75) is 26.4 Å². The van der Waals surface area contributed by atoms with E-state index >= 15 is 0 Å². The molecule has 0 saturated carbocycles.